The first-order valence-corrected chi connectivity index (χ1v) is 9.60. The van der Waals surface area contributed by atoms with Crippen molar-refractivity contribution in [2.45, 2.75) is 13.3 Å². The molecule has 0 radical (unpaired) electrons. The van der Waals surface area contributed by atoms with E-state index >= 15 is 0 Å². The molecule has 4 rings (SSSR count). The Bertz CT molecular complexity index is 1020. The lowest BCUT2D eigenvalue weighted by Crippen LogP contribution is -2.20. The van der Waals surface area contributed by atoms with Gasteiger partial charge >= 0.3 is 0 Å². The number of amides is 2. The van der Waals surface area contributed by atoms with Gasteiger partial charge in [0.1, 0.15) is 11.5 Å². The quantitative estimate of drug-likeness (QED) is 0.626. The summed E-state index contributed by atoms with van der Waals surface area (Å²) in [5.74, 6) is 0.630. The molecule has 1 aliphatic rings. The third-order valence-corrected chi connectivity index (χ3v) is 4.85. The summed E-state index contributed by atoms with van der Waals surface area (Å²) in [7, 11) is 0. The molecule has 5 nitrogen and oxygen atoms in total. The number of carbonyl (C=O) groups is 2. The van der Waals surface area contributed by atoms with Gasteiger partial charge in [-0.1, -0.05) is 30.3 Å². The molecule has 146 valence electrons. The summed E-state index contributed by atoms with van der Waals surface area (Å²) in [5, 5.41) is 5.77. The van der Waals surface area contributed by atoms with E-state index in [1.807, 2.05) is 61.5 Å². The molecule has 1 aliphatic carbocycles. The molecular formula is C24H22N2O3. The Labute approximate surface area is 169 Å². The highest BCUT2D eigenvalue weighted by atomic mass is 16.5. The zero-order valence-corrected chi connectivity index (χ0v) is 16.1. The van der Waals surface area contributed by atoms with Crippen molar-refractivity contribution in [1.82, 2.24) is 0 Å². The number of carbonyl (C=O) groups excluding carboxylic acids is 2. The molecule has 0 spiro atoms. The SMILES string of the molecule is Cc1cccc(NC(=O)C2CC2C(=O)Nc2ccc(Oc3ccccc3)cc2)c1. The zero-order valence-electron chi connectivity index (χ0n) is 16.1. The Morgan fingerprint density at radius 1 is 0.759 bits per heavy atom. The Balaban J connectivity index is 1.29. The van der Waals surface area contributed by atoms with Crippen molar-refractivity contribution in [3.05, 3.63) is 84.4 Å². The number of anilines is 2. The second-order valence-electron chi connectivity index (χ2n) is 7.24. The Morgan fingerprint density at radius 2 is 1.38 bits per heavy atom. The van der Waals surface area contributed by atoms with Gasteiger partial charge < -0.3 is 15.4 Å². The van der Waals surface area contributed by atoms with Gasteiger partial charge in [0, 0.05) is 11.4 Å². The van der Waals surface area contributed by atoms with E-state index in [4.69, 9.17) is 4.74 Å². The van der Waals surface area contributed by atoms with E-state index in [9.17, 15) is 9.59 Å². The Hall–Kier alpha value is -3.60. The molecule has 0 aromatic heterocycles. The highest BCUT2D eigenvalue weighted by Gasteiger charge is 2.48. The average molecular weight is 386 g/mol. The van der Waals surface area contributed by atoms with Crippen LogP contribution in [0.15, 0.2) is 78.9 Å². The van der Waals surface area contributed by atoms with Crippen LogP contribution in [0.5, 0.6) is 11.5 Å². The standard InChI is InChI=1S/C24H22N2O3/c1-16-6-5-7-18(14-16)26-24(28)22-15-21(22)23(27)25-17-10-12-20(13-11-17)29-19-8-3-2-4-9-19/h2-14,21-22H,15H2,1H3,(H,25,27)(H,26,28). The molecule has 1 saturated carbocycles. The number of benzene rings is 3. The molecule has 0 heterocycles. The highest BCUT2D eigenvalue weighted by molar-refractivity contribution is 6.03. The van der Waals surface area contributed by atoms with Crippen LogP contribution >= 0.6 is 0 Å². The van der Waals surface area contributed by atoms with E-state index in [0.717, 1.165) is 17.0 Å². The fourth-order valence-electron chi connectivity index (χ4n) is 3.20. The highest BCUT2D eigenvalue weighted by Crippen LogP contribution is 2.40. The third-order valence-electron chi connectivity index (χ3n) is 4.85. The second-order valence-corrected chi connectivity index (χ2v) is 7.24. The average Bonchev–Trinajstić information content (AvgIpc) is 3.52. The Kier molecular flexibility index (Phi) is 5.29. The summed E-state index contributed by atoms with van der Waals surface area (Å²) in [6.07, 6.45) is 0.568. The summed E-state index contributed by atoms with van der Waals surface area (Å²) in [6, 6.07) is 24.3. The van der Waals surface area contributed by atoms with Crippen LogP contribution in [-0.4, -0.2) is 11.8 Å². The number of rotatable bonds is 6. The first kappa shape index (κ1) is 18.7. The first-order valence-electron chi connectivity index (χ1n) is 9.60. The Morgan fingerprint density at radius 3 is 2.03 bits per heavy atom. The molecule has 1 fully saturated rings. The van der Waals surface area contributed by atoms with Gasteiger partial charge in [0.15, 0.2) is 0 Å². The number of ether oxygens (including phenoxy) is 1. The van der Waals surface area contributed by atoms with Crippen molar-refractivity contribution >= 4 is 23.2 Å². The molecule has 2 amide bonds. The van der Waals surface area contributed by atoms with Crippen molar-refractivity contribution in [2.24, 2.45) is 11.8 Å². The van der Waals surface area contributed by atoms with Crippen LogP contribution in [0.2, 0.25) is 0 Å². The predicted octanol–water partition coefficient (Wildman–Crippen LogP) is 5.00. The molecule has 5 heteroatoms. The van der Waals surface area contributed by atoms with Crippen LogP contribution in [-0.2, 0) is 9.59 Å². The predicted molar refractivity (Wildman–Crippen MR) is 113 cm³/mol. The monoisotopic (exact) mass is 386 g/mol. The lowest BCUT2D eigenvalue weighted by atomic mass is 10.2. The number of hydrogen-bond donors (Lipinski definition) is 2. The van der Waals surface area contributed by atoms with Gasteiger partial charge in [-0.15, -0.1) is 0 Å². The van der Waals surface area contributed by atoms with E-state index in [1.165, 1.54) is 0 Å². The molecule has 0 bridgehead atoms. The molecule has 0 aliphatic heterocycles. The van der Waals surface area contributed by atoms with Crippen LogP contribution in [0, 0.1) is 18.8 Å². The van der Waals surface area contributed by atoms with Gasteiger partial charge in [-0.25, -0.2) is 0 Å². The van der Waals surface area contributed by atoms with Crippen LogP contribution < -0.4 is 15.4 Å². The van der Waals surface area contributed by atoms with Gasteiger partial charge in [0.2, 0.25) is 11.8 Å². The molecule has 2 N–H and O–H groups in total. The zero-order chi connectivity index (χ0) is 20.2. The molecule has 29 heavy (non-hydrogen) atoms. The van der Waals surface area contributed by atoms with Crippen LogP contribution in [0.1, 0.15) is 12.0 Å². The van der Waals surface area contributed by atoms with Gasteiger partial charge in [0.25, 0.3) is 0 Å². The lowest BCUT2D eigenvalue weighted by molar-refractivity contribution is -0.122. The van der Waals surface area contributed by atoms with E-state index in [-0.39, 0.29) is 23.7 Å². The summed E-state index contributed by atoms with van der Waals surface area (Å²) in [5.41, 5.74) is 2.52. The number of aryl methyl sites for hydroxylation is 1. The second kappa shape index (κ2) is 8.19. The largest absolute Gasteiger partial charge is 0.457 e. The van der Waals surface area contributed by atoms with Crippen LogP contribution in [0.25, 0.3) is 0 Å². The topological polar surface area (TPSA) is 67.4 Å². The molecule has 3 aromatic rings. The minimum Gasteiger partial charge on any atom is -0.457 e. The maximum Gasteiger partial charge on any atom is 0.228 e. The number of para-hydroxylation sites is 1. The van der Waals surface area contributed by atoms with Gasteiger partial charge in [-0.3, -0.25) is 9.59 Å². The van der Waals surface area contributed by atoms with Gasteiger partial charge in [0.05, 0.1) is 11.8 Å². The molecular weight excluding hydrogens is 364 g/mol. The third kappa shape index (κ3) is 4.82. The smallest absolute Gasteiger partial charge is 0.228 e. The fraction of sp³-hybridized carbons (Fsp3) is 0.167. The summed E-state index contributed by atoms with van der Waals surface area (Å²) in [4.78, 5) is 24.8. The minimum atomic E-state index is -0.292. The van der Waals surface area contributed by atoms with Crippen molar-refractivity contribution < 1.29 is 14.3 Å². The maximum absolute atomic E-state index is 12.4. The van der Waals surface area contributed by atoms with Crippen LogP contribution in [0.4, 0.5) is 11.4 Å². The van der Waals surface area contributed by atoms with Gasteiger partial charge in [-0.05, 0) is 67.4 Å². The van der Waals surface area contributed by atoms with E-state index in [0.29, 0.717) is 17.9 Å². The first-order chi connectivity index (χ1) is 14.1. The van der Waals surface area contributed by atoms with E-state index in [2.05, 4.69) is 10.6 Å². The molecule has 2 unspecified atom stereocenters. The van der Waals surface area contributed by atoms with E-state index in [1.54, 1.807) is 24.3 Å². The maximum atomic E-state index is 12.4. The number of nitrogens with one attached hydrogen (secondary N) is 2. The lowest BCUT2D eigenvalue weighted by Gasteiger charge is -2.08. The van der Waals surface area contributed by atoms with Crippen molar-refractivity contribution in [3.63, 3.8) is 0 Å². The minimum absolute atomic E-state index is 0.109. The molecule has 0 saturated heterocycles. The van der Waals surface area contributed by atoms with E-state index < -0.39 is 0 Å². The summed E-state index contributed by atoms with van der Waals surface area (Å²) in [6.45, 7) is 1.97. The molecule has 2 atom stereocenters. The van der Waals surface area contributed by atoms with Gasteiger partial charge in [-0.2, -0.15) is 0 Å². The molecule has 3 aromatic carbocycles. The normalized spacial score (nSPS) is 17.3. The summed E-state index contributed by atoms with van der Waals surface area (Å²) >= 11 is 0. The van der Waals surface area contributed by atoms with Crippen molar-refractivity contribution in [3.8, 4) is 11.5 Å². The van der Waals surface area contributed by atoms with Crippen molar-refractivity contribution in [2.75, 3.05) is 10.6 Å². The van der Waals surface area contributed by atoms with Crippen LogP contribution in [0.3, 0.4) is 0 Å². The number of hydrogen-bond acceptors (Lipinski definition) is 3. The summed E-state index contributed by atoms with van der Waals surface area (Å²) < 4.78 is 5.75. The fourth-order valence-corrected chi connectivity index (χ4v) is 3.20. The van der Waals surface area contributed by atoms with Crippen molar-refractivity contribution in [1.29, 1.82) is 0 Å².